The summed E-state index contributed by atoms with van der Waals surface area (Å²) in [6, 6.07) is 38.3. The van der Waals surface area contributed by atoms with Gasteiger partial charge >= 0.3 is 305 Å². The average molecular weight is 760 g/mol. The summed E-state index contributed by atoms with van der Waals surface area (Å²) in [6.07, 6.45) is 5.05. The van der Waals surface area contributed by atoms with Crippen molar-refractivity contribution in [3.63, 3.8) is 0 Å². The summed E-state index contributed by atoms with van der Waals surface area (Å²) in [6.45, 7) is 28.5. The molecule has 0 aromatic heterocycles. The molecule has 6 rings (SSSR count). The van der Waals surface area contributed by atoms with Crippen LogP contribution in [0.3, 0.4) is 0 Å². The number of fused-ring (bicyclic) bond motifs is 3. The Labute approximate surface area is 302 Å². The molecular weight excluding hydrogens is 704 g/mol. The molecule has 248 valence electrons. The summed E-state index contributed by atoms with van der Waals surface area (Å²) in [5.74, 6) is 0. The van der Waals surface area contributed by atoms with Gasteiger partial charge in [0.25, 0.3) is 0 Å². The van der Waals surface area contributed by atoms with Gasteiger partial charge in [0.2, 0.25) is 0 Å². The van der Waals surface area contributed by atoms with E-state index in [0.29, 0.717) is 9.17 Å². The van der Waals surface area contributed by atoms with Crippen LogP contribution in [0.5, 0.6) is 0 Å². The van der Waals surface area contributed by atoms with Crippen LogP contribution in [0.2, 0.25) is 64.5 Å². The molecule has 2 aliphatic rings. The second-order valence-electron chi connectivity index (χ2n) is 17.2. The van der Waals surface area contributed by atoms with Crippen molar-refractivity contribution in [2.24, 2.45) is 0 Å². The van der Waals surface area contributed by atoms with E-state index in [1.54, 1.807) is 14.3 Å². The Kier molecular flexibility index (Phi) is 9.99. The Bertz CT molecular complexity index is 1830. The van der Waals surface area contributed by atoms with Crippen molar-refractivity contribution in [1.82, 2.24) is 0 Å². The molecule has 4 heteroatoms. The van der Waals surface area contributed by atoms with Crippen LogP contribution in [-0.4, -0.2) is 27.4 Å². The Morgan fingerprint density at radius 3 is 1.42 bits per heavy atom. The molecule has 0 fully saturated rings. The third-order valence-electron chi connectivity index (χ3n) is 10.6. The number of allylic oxidation sites excluding steroid dienone is 4. The number of hydrogen-bond acceptors (Lipinski definition) is 0. The van der Waals surface area contributed by atoms with Crippen LogP contribution in [-0.2, 0) is 34.1 Å². The van der Waals surface area contributed by atoms with E-state index in [1.807, 2.05) is 13.7 Å². The fraction of sp³-hybridized carbons (Fsp3) is 0.341. The summed E-state index contributed by atoms with van der Waals surface area (Å²) < 4.78 is 4.12. The zero-order valence-electron chi connectivity index (χ0n) is 31.4. The predicted octanol–water partition coefficient (Wildman–Crippen LogP) is 12.4. The number of benzene rings is 4. The van der Waals surface area contributed by atoms with Crippen LogP contribution in [0.25, 0.3) is 11.1 Å². The van der Waals surface area contributed by atoms with Gasteiger partial charge in [-0.1, -0.05) is 0 Å². The Morgan fingerprint density at radius 2 is 1.04 bits per heavy atom. The van der Waals surface area contributed by atoms with Crippen molar-refractivity contribution in [3.8, 4) is 11.1 Å². The quantitative estimate of drug-likeness (QED) is 0.149. The van der Waals surface area contributed by atoms with Gasteiger partial charge in [-0.2, -0.15) is 0 Å². The molecule has 0 spiro atoms. The van der Waals surface area contributed by atoms with Crippen LogP contribution >= 0.6 is 0 Å². The number of hydrogen-bond donors (Lipinski definition) is 0. The molecule has 0 saturated heterocycles. The van der Waals surface area contributed by atoms with E-state index in [2.05, 4.69) is 176 Å². The molecule has 0 heterocycles. The van der Waals surface area contributed by atoms with E-state index in [9.17, 15) is 0 Å². The van der Waals surface area contributed by atoms with Gasteiger partial charge in [-0.25, -0.2) is 0 Å². The first kappa shape index (κ1) is 35.6. The second-order valence-corrected chi connectivity index (χ2v) is 38.6. The fourth-order valence-corrected chi connectivity index (χ4v) is 33.1. The zero-order chi connectivity index (χ0) is 34.6. The summed E-state index contributed by atoms with van der Waals surface area (Å²) in [5, 5.41) is 3.70. The molecule has 0 aliphatic heterocycles. The maximum atomic E-state index is 2.90. The van der Waals surface area contributed by atoms with E-state index >= 15 is 0 Å². The Hall–Kier alpha value is -2.24. The molecule has 48 heavy (non-hydrogen) atoms. The minimum absolute atomic E-state index is 0.445. The first-order valence-corrected chi connectivity index (χ1v) is 32.7. The molecular formula is C44H56Si3Zr. The van der Waals surface area contributed by atoms with Crippen LogP contribution in [0, 0.1) is 0 Å². The molecule has 0 radical (unpaired) electrons. The van der Waals surface area contributed by atoms with Crippen molar-refractivity contribution in [2.45, 2.75) is 94.8 Å². The van der Waals surface area contributed by atoms with Gasteiger partial charge in [0.1, 0.15) is 0 Å². The van der Waals surface area contributed by atoms with Crippen molar-refractivity contribution in [1.29, 1.82) is 0 Å². The SMILES string of the molecule is CCc1ccc2c(c1)[CH]([Zr]([C]1=C([Si](C)(C)C)C([Si](C)(C)C)=CC1[Si](C)(C)C)=[C](c1ccccc1)c1ccccc1)c1cc(CC)ccc1-2. The number of rotatable bonds is 9. The molecule has 2 aliphatic carbocycles. The molecule has 4 aromatic carbocycles. The van der Waals surface area contributed by atoms with Gasteiger partial charge in [-0.05, 0) is 0 Å². The van der Waals surface area contributed by atoms with Crippen molar-refractivity contribution in [3.05, 3.63) is 150 Å². The van der Waals surface area contributed by atoms with Crippen LogP contribution in [0.15, 0.2) is 117 Å². The summed E-state index contributed by atoms with van der Waals surface area (Å²) in [7, 11) is -5.05. The maximum absolute atomic E-state index is 2.97. The van der Waals surface area contributed by atoms with Gasteiger partial charge in [-0.15, -0.1) is 0 Å². The van der Waals surface area contributed by atoms with Crippen LogP contribution < -0.4 is 0 Å². The topological polar surface area (TPSA) is 0 Å². The summed E-state index contributed by atoms with van der Waals surface area (Å²) >= 11 is -2.97. The molecule has 1 unspecified atom stereocenters. The van der Waals surface area contributed by atoms with Crippen molar-refractivity contribution < 1.29 is 21.3 Å². The van der Waals surface area contributed by atoms with Crippen LogP contribution in [0.1, 0.15) is 50.9 Å². The van der Waals surface area contributed by atoms with Gasteiger partial charge in [0.15, 0.2) is 0 Å². The molecule has 1 atom stereocenters. The third-order valence-corrected chi connectivity index (χ3v) is 27.1. The first-order valence-electron chi connectivity index (χ1n) is 18.2. The van der Waals surface area contributed by atoms with Gasteiger partial charge in [0.05, 0.1) is 0 Å². The molecule has 0 nitrogen and oxygen atoms in total. The molecule has 0 bridgehead atoms. The molecule has 4 aromatic rings. The minimum atomic E-state index is -2.97. The summed E-state index contributed by atoms with van der Waals surface area (Å²) in [4.78, 5) is 0. The van der Waals surface area contributed by atoms with E-state index in [4.69, 9.17) is 0 Å². The van der Waals surface area contributed by atoms with Crippen molar-refractivity contribution in [2.75, 3.05) is 0 Å². The zero-order valence-corrected chi connectivity index (χ0v) is 36.8. The molecule has 0 amide bonds. The normalized spacial score (nSPS) is 16.6. The molecule has 0 saturated carbocycles. The van der Waals surface area contributed by atoms with Crippen LogP contribution in [0.4, 0.5) is 0 Å². The standard InChI is InChI=1S/C17H17.C14H29Si3.C13H10.Zr/c1-3-12-5-7-16-14(9-12)11-15-10-13(4-2)6-8-17(15)16;1-15(2,3)12-10-13(16(4,5)6)14(11-12)17(7,8)9;1-3-7-12(8-4-1)11-13-9-5-2-6-10-13;/h5-11H,3-4H2,1-2H3;10,12H,1-9H3;1-10H;. The number of aryl methyl sites for hydroxylation is 2. The molecule has 0 N–H and O–H groups in total. The van der Waals surface area contributed by atoms with Gasteiger partial charge < -0.3 is 0 Å². The predicted molar refractivity (Wildman–Crippen MR) is 217 cm³/mol. The van der Waals surface area contributed by atoms with E-state index < -0.39 is 45.5 Å². The summed E-state index contributed by atoms with van der Waals surface area (Å²) in [5.41, 5.74) is 12.7. The van der Waals surface area contributed by atoms with E-state index in [-0.39, 0.29) is 0 Å². The average Bonchev–Trinajstić information content (AvgIpc) is 3.61. The Balaban J connectivity index is 1.89. The van der Waals surface area contributed by atoms with Gasteiger partial charge in [-0.3, -0.25) is 0 Å². The first-order chi connectivity index (χ1) is 22.6. The van der Waals surface area contributed by atoms with E-state index in [0.717, 1.165) is 12.8 Å². The second kappa shape index (κ2) is 13.5. The fourth-order valence-electron chi connectivity index (χ4n) is 8.28. The van der Waals surface area contributed by atoms with E-state index in [1.165, 1.54) is 33.4 Å². The van der Waals surface area contributed by atoms with Crippen molar-refractivity contribution >= 4 is 27.4 Å². The monoisotopic (exact) mass is 758 g/mol. The Morgan fingerprint density at radius 1 is 0.583 bits per heavy atom. The van der Waals surface area contributed by atoms with Gasteiger partial charge in [0, 0.05) is 0 Å². The third kappa shape index (κ3) is 6.64.